The molecule has 0 fully saturated rings. The van der Waals surface area contributed by atoms with Crippen LogP contribution < -0.4 is 0 Å². The monoisotopic (exact) mass is 439 g/mol. The molecule has 0 aliphatic rings. The highest BCUT2D eigenvalue weighted by Gasteiger charge is 2.39. The molecule has 2 aromatic rings. The van der Waals surface area contributed by atoms with Crippen LogP contribution in [0.15, 0.2) is 73.3 Å². The number of rotatable bonds is 12. The first kappa shape index (κ1) is 25.5. The zero-order valence-electron chi connectivity index (χ0n) is 20.1. The molecule has 0 bridgehead atoms. The van der Waals surface area contributed by atoms with E-state index in [4.69, 9.17) is 4.43 Å². The lowest BCUT2D eigenvalue weighted by atomic mass is 10.0. The molecule has 0 saturated carbocycles. The van der Waals surface area contributed by atoms with Gasteiger partial charge in [-0.3, -0.25) is 4.90 Å². The molecule has 0 heterocycles. The van der Waals surface area contributed by atoms with E-state index in [1.54, 1.807) is 0 Å². The fourth-order valence-electron chi connectivity index (χ4n) is 3.38. The predicted molar refractivity (Wildman–Crippen MR) is 135 cm³/mol. The van der Waals surface area contributed by atoms with Crippen LogP contribution >= 0.6 is 0 Å². The third kappa shape index (κ3) is 8.04. The highest BCUT2D eigenvalue weighted by Crippen LogP contribution is 2.37. The summed E-state index contributed by atoms with van der Waals surface area (Å²) in [5.74, 6) is 0. The molecular formula is C27H41NO2Si. The fraction of sp³-hybridized carbons (Fsp3) is 0.481. The number of benzene rings is 2. The fourth-order valence-corrected chi connectivity index (χ4v) is 4.40. The Bertz CT molecular complexity index is 729. The van der Waals surface area contributed by atoms with E-state index in [-0.39, 0.29) is 11.1 Å². The normalized spacial score (nSPS) is 14.4. The molecule has 0 unspecified atom stereocenters. The minimum absolute atomic E-state index is 0.0884. The second-order valence-corrected chi connectivity index (χ2v) is 14.8. The van der Waals surface area contributed by atoms with E-state index >= 15 is 0 Å². The molecule has 0 radical (unpaired) electrons. The van der Waals surface area contributed by atoms with Crippen molar-refractivity contribution in [2.24, 2.45) is 0 Å². The van der Waals surface area contributed by atoms with Crippen molar-refractivity contribution in [2.75, 3.05) is 6.61 Å². The van der Waals surface area contributed by atoms with Crippen LogP contribution in [0.25, 0.3) is 0 Å². The Kier molecular flexibility index (Phi) is 9.70. The van der Waals surface area contributed by atoms with Crippen molar-refractivity contribution in [2.45, 2.75) is 77.0 Å². The lowest BCUT2D eigenvalue weighted by Crippen LogP contribution is -2.50. The van der Waals surface area contributed by atoms with Crippen LogP contribution in [0.5, 0.6) is 0 Å². The Morgan fingerprint density at radius 1 is 0.968 bits per heavy atom. The van der Waals surface area contributed by atoms with Crippen LogP contribution in [-0.4, -0.2) is 37.1 Å². The number of nitrogens with zero attached hydrogens (tertiary/aromatic N) is 1. The predicted octanol–water partition coefficient (Wildman–Crippen LogP) is 6.41. The van der Waals surface area contributed by atoms with Crippen molar-refractivity contribution >= 4 is 8.32 Å². The number of aliphatic hydroxyl groups is 1. The maximum Gasteiger partial charge on any atom is 0.192 e. The second kappa shape index (κ2) is 11.8. The molecule has 1 N–H and O–H groups in total. The molecule has 0 aliphatic carbocycles. The van der Waals surface area contributed by atoms with Gasteiger partial charge < -0.3 is 9.53 Å². The third-order valence-electron chi connectivity index (χ3n) is 6.46. The third-order valence-corrected chi connectivity index (χ3v) is 11.0. The molecule has 0 amide bonds. The van der Waals surface area contributed by atoms with E-state index in [2.05, 4.69) is 93.9 Å². The van der Waals surface area contributed by atoms with Gasteiger partial charge in [-0.15, -0.1) is 6.58 Å². The summed E-state index contributed by atoms with van der Waals surface area (Å²) in [7, 11) is -1.93. The molecule has 2 aromatic carbocycles. The maximum atomic E-state index is 11.2. The van der Waals surface area contributed by atoms with E-state index in [9.17, 15) is 5.11 Å². The van der Waals surface area contributed by atoms with Gasteiger partial charge in [0.2, 0.25) is 0 Å². The number of hydrogen-bond acceptors (Lipinski definition) is 3. The van der Waals surface area contributed by atoms with E-state index in [0.29, 0.717) is 13.0 Å². The van der Waals surface area contributed by atoms with Gasteiger partial charge in [0.15, 0.2) is 8.32 Å². The van der Waals surface area contributed by atoms with Gasteiger partial charge in [-0.1, -0.05) is 87.5 Å². The van der Waals surface area contributed by atoms with Gasteiger partial charge >= 0.3 is 0 Å². The Morgan fingerprint density at radius 3 is 1.87 bits per heavy atom. The number of allylic oxidation sites excluding steroid dienone is 1. The first-order chi connectivity index (χ1) is 14.6. The molecule has 3 nitrogen and oxygen atoms in total. The first-order valence-electron chi connectivity index (χ1n) is 11.4. The Balaban J connectivity index is 2.31. The van der Waals surface area contributed by atoms with Crippen molar-refractivity contribution in [3.05, 3.63) is 84.4 Å². The first-order valence-corrected chi connectivity index (χ1v) is 14.3. The van der Waals surface area contributed by atoms with E-state index in [1.165, 1.54) is 11.1 Å². The second-order valence-electron chi connectivity index (χ2n) is 9.95. The highest BCUT2D eigenvalue weighted by atomic mass is 28.4. The van der Waals surface area contributed by atoms with Crippen LogP contribution in [0, 0.1) is 0 Å². The van der Waals surface area contributed by atoms with Crippen molar-refractivity contribution in [3.63, 3.8) is 0 Å². The summed E-state index contributed by atoms with van der Waals surface area (Å²) in [5, 5.41) is 11.3. The molecule has 0 spiro atoms. The Labute approximate surface area is 190 Å². The van der Waals surface area contributed by atoms with Gasteiger partial charge in [-0.05, 0) is 42.1 Å². The van der Waals surface area contributed by atoms with Crippen molar-refractivity contribution < 1.29 is 9.53 Å². The van der Waals surface area contributed by atoms with E-state index < -0.39 is 14.4 Å². The number of aliphatic hydroxyl groups excluding tert-OH is 1. The Morgan fingerprint density at radius 2 is 1.45 bits per heavy atom. The summed E-state index contributed by atoms with van der Waals surface area (Å²) in [6.45, 7) is 17.2. The summed E-state index contributed by atoms with van der Waals surface area (Å²) >= 11 is 0. The van der Waals surface area contributed by atoms with Gasteiger partial charge in [0.1, 0.15) is 0 Å². The molecule has 2 atom stereocenters. The van der Waals surface area contributed by atoms with Crippen molar-refractivity contribution in [3.8, 4) is 0 Å². The maximum absolute atomic E-state index is 11.2. The van der Waals surface area contributed by atoms with Gasteiger partial charge in [-0.2, -0.15) is 0 Å². The molecule has 4 heteroatoms. The average Bonchev–Trinajstić information content (AvgIpc) is 2.73. The Hall–Kier alpha value is -1.72. The molecule has 0 aliphatic heterocycles. The molecular weight excluding hydrogens is 398 g/mol. The van der Waals surface area contributed by atoms with Crippen LogP contribution in [0.2, 0.25) is 18.1 Å². The summed E-state index contributed by atoms with van der Waals surface area (Å²) in [6, 6.07) is 20.9. The summed E-state index contributed by atoms with van der Waals surface area (Å²) in [5.41, 5.74) is 2.48. The van der Waals surface area contributed by atoms with Crippen molar-refractivity contribution in [1.82, 2.24) is 4.90 Å². The highest BCUT2D eigenvalue weighted by molar-refractivity contribution is 6.74. The van der Waals surface area contributed by atoms with Crippen molar-refractivity contribution in [1.29, 1.82) is 0 Å². The van der Waals surface area contributed by atoms with Gasteiger partial charge in [0, 0.05) is 13.1 Å². The smallest absolute Gasteiger partial charge is 0.192 e. The van der Waals surface area contributed by atoms with Crippen LogP contribution in [-0.2, 0) is 17.5 Å². The topological polar surface area (TPSA) is 32.7 Å². The van der Waals surface area contributed by atoms with Gasteiger partial charge in [0.25, 0.3) is 0 Å². The van der Waals surface area contributed by atoms with Crippen LogP contribution in [0.1, 0.15) is 44.7 Å². The quantitative estimate of drug-likeness (QED) is 0.306. The zero-order valence-corrected chi connectivity index (χ0v) is 21.1. The summed E-state index contributed by atoms with van der Waals surface area (Å²) in [6.07, 6.45) is 2.89. The summed E-state index contributed by atoms with van der Waals surface area (Å²) in [4.78, 5) is 2.38. The molecule has 31 heavy (non-hydrogen) atoms. The lowest BCUT2D eigenvalue weighted by molar-refractivity contribution is 0.00656. The SMILES string of the molecule is C=CCC[C@H](O)[C@H](CO[Si](C)(C)C(C)(C)C)N(Cc1ccccc1)Cc1ccccc1. The van der Waals surface area contributed by atoms with E-state index in [1.807, 2.05) is 18.2 Å². The van der Waals surface area contributed by atoms with Gasteiger partial charge in [0.05, 0.1) is 18.8 Å². The largest absolute Gasteiger partial charge is 0.415 e. The molecule has 0 aromatic heterocycles. The molecule has 2 rings (SSSR count). The average molecular weight is 440 g/mol. The van der Waals surface area contributed by atoms with Crippen LogP contribution in [0.3, 0.4) is 0 Å². The van der Waals surface area contributed by atoms with Crippen LogP contribution in [0.4, 0.5) is 0 Å². The molecule has 0 saturated heterocycles. The van der Waals surface area contributed by atoms with E-state index in [0.717, 1.165) is 19.5 Å². The zero-order chi connectivity index (χ0) is 22.9. The number of hydrogen-bond donors (Lipinski definition) is 1. The van der Waals surface area contributed by atoms with Gasteiger partial charge in [-0.25, -0.2) is 0 Å². The standard InChI is InChI=1S/C27H41NO2Si/c1-7-8-19-26(29)25(22-30-31(5,6)27(2,3)4)28(20-23-15-11-9-12-16-23)21-24-17-13-10-14-18-24/h7,9-18,25-26,29H,1,8,19-22H2,2-6H3/t25-,26-/m0/s1. The minimum Gasteiger partial charge on any atom is -0.415 e. The lowest BCUT2D eigenvalue weighted by Gasteiger charge is -2.41. The minimum atomic E-state index is -1.93. The summed E-state index contributed by atoms with van der Waals surface area (Å²) < 4.78 is 6.62. The molecule has 170 valence electrons.